The predicted octanol–water partition coefficient (Wildman–Crippen LogP) is -0.0870. The van der Waals surface area contributed by atoms with Crippen molar-refractivity contribution in [3.8, 4) is 0 Å². The van der Waals surface area contributed by atoms with Gasteiger partial charge in [0.15, 0.2) is 0 Å². The van der Waals surface area contributed by atoms with Gasteiger partial charge in [0.05, 0.1) is 66.1 Å². The first-order valence-electron chi connectivity index (χ1n) is 7.75. The molecule has 0 bridgehead atoms. The molecule has 0 aromatic heterocycles. The summed E-state index contributed by atoms with van der Waals surface area (Å²) in [6.07, 6.45) is 0. The zero-order valence-corrected chi connectivity index (χ0v) is 15.5. The van der Waals surface area contributed by atoms with E-state index >= 15 is 0 Å². The Labute approximate surface area is 146 Å². The van der Waals surface area contributed by atoms with Crippen molar-refractivity contribution < 1.29 is 36.0 Å². The second-order valence-electron chi connectivity index (χ2n) is 4.27. The van der Waals surface area contributed by atoms with Crippen LogP contribution >= 0.6 is 0 Å². The third-order valence-electron chi connectivity index (χ3n) is 2.43. The van der Waals surface area contributed by atoms with Gasteiger partial charge in [-0.05, 0) is 0 Å². The molecular weight excluding hydrogens is 323 g/mol. The van der Waals surface area contributed by atoms with E-state index < -0.39 is 15.9 Å². The van der Waals surface area contributed by atoms with Crippen molar-refractivity contribution in [1.29, 1.82) is 0 Å². The number of rotatable bonds is 20. The topological polar surface area (TPSA) is 73.8 Å². The van der Waals surface area contributed by atoms with E-state index in [4.69, 9.17) is 36.0 Å². The predicted molar refractivity (Wildman–Crippen MR) is 84.7 cm³/mol. The van der Waals surface area contributed by atoms with Gasteiger partial charge in [-0.1, -0.05) is 0 Å². The molecule has 0 fully saturated rings. The van der Waals surface area contributed by atoms with Crippen LogP contribution in [0.3, 0.4) is 0 Å². The van der Waals surface area contributed by atoms with Gasteiger partial charge in [0.25, 0.3) is 0 Å². The average molecular weight is 353 g/mol. The lowest BCUT2D eigenvalue weighted by atomic mass is 10.7. The monoisotopic (exact) mass is 353 g/mol. The van der Waals surface area contributed by atoms with Gasteiger partial charge in [0, 0.05) is 27.4 Å². The number of hydrogen-bond acceptors (Lipinski definition) is 8. The smallest absolute Gasteiger partial charge is 0.482 e. The van der Waals surface area contributed by atoms with Gasteiger partial charge in [-0.2, -0.15) is 0 Å². The standard InChI is InChI=1S/2C7H15O4.Al/c2*1-9-4-5-11-7-6-10-3-2-8;/h2*2-7H2,1H3;/q2*-1;+2. The minimum absolute atomic E-state index is 0.472. The summed E-state index contributed by atoms with van der Waals surface area (Å²) >= 11 is -0.472. The van der Waals surface area contributed by atoms with Crippen LogP contribution in [0.1, 0.15) is 0 Å². The summed E-state index contributed by atoms with van der Waals surface area (Å²) in [5.74, 6) is 0. The highest BCUT2D eigenvalue weighted by molar-refractivity contribution is 6.17. The van der Waals surface area contributed by atoms with Gasteiger partial charge in [-0.3, -0.25) is 0 Å². The lowest BCUT2D eigenvalue weighted by Gasteiger charge is -2.08. The summed E-state index contributed by atoms with van der Waals surface area (Å²) in [7, 11) is 3.29. The Morgan fingerprint density at radius 2 is 0.739 bits per heavy atom. The average Bonchev–Trinajstić information content (AvgIpc) is 2.57. The van der Waals surface area contributed by atoms with Gasteiger partial charge in [-0.25, -0.2) is 0 Å². The fraction of sp³-hybridized carbons (Fsp3) is 1.00. The number of methoxy groups -OCH3 is 2. The fourth-order valence-corrected chi connectivity index (χ4v) is 1.77. The van der Waals surface area contributed by atoms with Crippen molar-refractivity contribution in [1.82, 2.24) is 0 Å². The molecule has 0 spiro atoms. The van der Waals surface area contributed by atoms with Crippen LogP contribution < -0.4 is 0 Å². The van der Waals surface area contributed by atoms with E-state index in [-0.39, 0.29) is 0 Å². The van der Waals surface area contributed by atoms with Crippen LogP contribution in [-0.2, 0) is 36.0 Å². The molecule has 0 saturated carbocycles. The Morgan fingerprint density at radius 3 is 1.09 bits per heavy atom. The molecule has 0 saturated heterocycles. The minimum atomic E-state index is -0.472. The molecule has 0 heterocycles. The largest absolute Gasteiger partial charge is 0.668 e. The summed E-state index contributed by atoms with van der Waals surface area (Å²) in [5, 5.41) is 0. The van der Waals surface area contributed by atoms with Crippen molar-refractivity contribution in [2.75, 3.05) is 93.5 Å². The number of ether oxygens (including phenoxy) is 6. The van der Waals surface area contributed by atoms with Gasteiger partial charge < -0.3 is 36.0 Å². The zero-order chi connectivity index (χ0) is 16.8. The molecule has 0 aliphatic carbocycles. The van der Waals surface area contributed by atoms with Gasteiger partial charge in [0.1, 0.15) is 0 Å². The van der Waals surface area contributed by atoms with Gasteiger partial charge >= 0.3 is 15.9 Å². The van der Waals surface area contributed by atoms with Crippen LogP contribution in [0.25, 0.3) is 0 Å². The molecule has 0 amide bonds. The normalized spacial score (nSPS) is 11.0. The van der Waals surface area contributed by atoms with Crippen LogP contribution in [0, 0.1) is 0 Å². The molecule has 0 atom stereocenters. The Hall–Kier alpha value is 0.212. The van der Waals surface area contributed by atoms with Crippen LogP contribution in [-0.4, -0.2) is 109 Å². The van der Waals surface area contributed by atoms with E-state index in [2.05, 4.69) is 0 Å². The maximum absolute atomic E-state index is 5.33. The SMILES string of the molecule is COCCOCCOCC[O][Al][O]CCOCCOCCOC. The second-order valence-corrected chi connectivity index (χ2v) is 5.13. The van der Waals surface area contributed by atoms with Crippen LogP contribution in [0.15, 0.2) is 0 Å². The maximum Gasteiger partial charge on any atom is 0.668 e. The Kier molecular flexibility index (Phi) is 22.4. The molecule has 0 aromatic carbocycles. The first kappa shape index (κ1) is 23.2. The molecule has 137 valence electrons. The maximum atomic E-state index is 5.33. The highest BCUT2D eigenvalue weighted by atomic mass is 27.2. The first-order valence-corrected chi connectivity index (χ1v) is 8.69. The Morgan fingerprint density at radius 1 is 0.435 bits per heavy atom. The third-order valence-corrected chi connectivity index (χ3v) is 3.18. The Balaban J connectivity index is 2.92. The molecular formula is C14H30AlO8. The highest BCUT2D eigenvalue weighted by Crippen LogP contribution is 1.83. The van der Waals surface area contributed by atoms with E-state index in [0.29, 0.717) is 79.3 Å². The zero-order valence-electron chi connectivity index (χ0n) is 14.3. The molecule has 0 aliphatic heterocycles. The molecule has 8 nitrogen and oxygen atoms in total. The van der Waals surface area contributed by atoms with Gasteiger partial charge in [-0.15, -0.1) is 0 Å². The van der Waals surface area contributed by atoms with Crippen molar-refractivity contribution in [2.24, 2.45) is 0 Å². The molecule has 9 heteroatoms. The van der Waals surface area contributed by atoms with E-state index in [1.54, 1.807) is 14.2 Å². The van der Waals surface area contributed by atoms with E-state index in [0.717, 1.165) is 0 Å². The summed E-state index contributed by atoms with van der Waals surface area (Å²) in [6, 6.07) is 0. The highest BCUT2D eigenvalue weighted by Gasteiger charge is 1.98. The molecule has 1 radical (unpaired) electrons. The van der Waals surface area contributed by atoms with E-state index in [1.807, 2.05) is 0 Å². The van der Waals surface area contributed by atoms with Crippen molar-refractivity contribution >= 4 is 15.9 Å². The minimum Gasteiger partial charge on any atom is -0.482 e. The molecule has 23 heavy (non-hydrogen) atoms. The van der Waals surface area contributed by atoms with E-state index in [9.17, 15) is 0 Å². The van der Waals surface area contributed by atoms with Crippen molar-refractivity contribution in [3.63, 3.8) is 0 Å². The quantitative estimate of drug-likeness (QED) is 0.222. The molecule has 0 N–H and O–H groups in total. The van der Waals surface area contributed by atoms with Crippen molar-refractivity contribution in [3.05, 3.63) is 0 Å². The van der Waals surface area contributed by atoms with Crippen LogP contribution in [0.4, 0.5) is 0 Å². The lowest BCUT2D eigenvalue weighted by Crippen LogP contribution is -2.16. The first-order chi connectivity index (χ1) is 11.4. The second kappa shape index (κ2) is 22.2. The van der Waals surface area contributed by atoms with E-state index in [1.165, 1.54) is 0 Å². The summed E-state index contributed by atoms with van der Waals surface area (Å²) < 4.78 is 41.6. The summed E-state index contributed by atoms with van der Waals surface area (Å²) in [6.45, 7) is 6.79. The molecule has 0 aliphatic rings. The molecule has 0 rings (SSSR count). The Bertz CT molecular complexity index is 191. The van der Waals surface area contributed by atoms with Crippen LogP contribution in [0.2, 0.25) is 0 Å². The third kappa shape index (κ3) is 22.2. The lowest BCUT2D eigenvalue weighted by molar-refractivity contribution is 0.0117. The molecule has 0 unspecified atom stereocenters. The molecule has 0 aromatic rings. The number of hydrogen-bond donors (Lipinski definition) is 0. The summed E-state index contributed by atoms with van der Waals surface area (Å²) in [4.78, 5) is 0. The fourth-order valence-electron chi connectivity index (χ4n) is 1.29. The summed E-state index contributed by atoms with van der Waals surface area (Å²) in [5.41, 5.74) is 0. The van der Waals surface area contributed by atoms with Gasteiger partial charge in [0.2, 0.25) is 0 Å². The van der Waals surface area contributed by atoms with Crippen molar-refractivity contribution in [2.45, 2.75) is 0 Å². The van der Waals surface area contributed by atoms with Crippen LogP contribution in [0.5, 0.6) is 0 Å².